The van der Waals surface area contributed by atoms with Crippen LogP contribution in [0.4, 0.5) is 4.79 Å². The molecule has 0 aromatic heterocycles. The summed E-state index contributed by atoms with van der Waals surface area (Å²) < 4.78 is 5.54. The summed E-state index contributed by atoms with van der Waals surface area (Å²) in [5, 5.41) is 3.61. The molecule has 23 heavy (non-hydrogen) atoms. The van der Waals surface area contributed by atoms with E-state index in [9.17, 15) is 4.79 Å². The molecular weight excluding hydrogens is 288 g/mol. The second-order valence-electron chi connectivity index (χ2n) is 8.45. The van der Waals surface area contributed by atoms with E-state index in [1.54, 1.807) is 0 Å². The van der Waals surface area contributed by atoms with Crippen LogP contribution in [0.15, 0.2) is 0 Å². The van der Waals surface area contributed by atoms with E-state index in [4.69, 9.17) is 4.74 Å². The predicted octanol–water partition coefficient (Wildman–Crippen LogP) is 4.58. The average molecular weight is 327 g/mol. The predicted molar refractivity (Wildman–Crippen MR) is 96.7 cm³/mol. The molecule has 1 amide bonds. The zero-order valence-corrected chi connectivity index (χ0v) is 16.2. The molecule has 1 rings (SSSR count). The number of hydrogen-bond acceptors (Lipinski definition) is 3. The van der Waals surface area contributed by atoms with E-state index >= 15 is 0 Å². The van der Waals surface area contributed by atoms with Crippen LogP contribution in [0.1, 0.15) is 80.1 Å². The van der Waals surface area contributed by atoms with E-state index in [1.807, 2.05) is 25.7 Å². The van der Waals surface area contributed by atoms with Crippen LogP contribution in [0.25, 0.3) is 0 Å². The molecule has 4 nitrogen and oxygen atoms in total. The molecule has 2 atom stereocenters. The van der Waals surface area contributed by atoms with Crippen molar-refractivity contribution in [2.45, 2.75) is 97.8 Å². The third kappa shape index (κ3) is 8.59. The summed E-state index contributed by atoms with van der Waals surface area (Å²) >= 11 is 0. The van der Waals surface area contributed by atoms with Gasteiger partial charge in [0.05, 0.1) is 0 Å². The molecule has 1 N–H and O–H groups in total. The Hall–Kier alpha value is -0.770. The maximum atomic E-state index is 12.3. The Kier molecular flexibility index (Phi) is 8.38. The van der Waals surface area contributed by atoms with Crippen LogP contribution >= 0.6 is 0 Å². The Morgan fingerprint density at radius 2 is 1.96 bits per heavy atom. The van der Waals surface area contributed by atoms with Crippen molar-refractivity contribution in [3.63, 3.8) is 0 Å². The molecule has 0 aromatic carbocycles. The molecule has 1 heterocycles. The van der Waals surface area contributed by atoms with E-state index in [-0.39, 0.29) is 6.09 Å². The van der Waals surface area contributed by atoms with E-state index in [0.717, 1.165) is 38.3 Å². The Bertz CT molecular complexity index is 350. The number of nitrogens with one attached hydrogen (secondary N) is 1. The van der Waals surface area contributed by atoms with Gasteiger partial charge in [-0.3, -0.25) is 0 Å². The maximum absolute atomic E-state index is 12.3. The molecule has 0 aromatic rings. The molecular formula is C19H38N2O2. The van der Waals surface area contributed by atoms with Gasteiger partial charge in [0, 0.05) is 18.6 Å². The van der Waals surface area contributed by atoms with Crippen molar-refractivity contribution in [1.29, 1.82) is 0 Å². The standard InChI is InChI=1S/C19H38N2O2/c1-15(2)10-7-8-12-20-16(3)14-17-11-9-13-21(17)18(22)23-19(4,5)6/h15-17,20H,7-14H2,1-6H3. The first kappa shape index (κ1) is 20.3. The summed E-state index contributed by atoms with van der Waals surface area (Å²) in [5.74, 6) is 0.799. The third-order valence-corrected chi connectivity index (χ3v) is 4.33. The average Bonchev–Trinajstić information content (AvgIpc) is 2.84. The highest BCUT2D eigenvalue weighted by Crippen LogP contribution is 2.24. The van der Waals surface area contributed by atoms with E-state index < -0.39 is 5.60 Å². The van der Waals surface area contributed by atoms with Crippen LogP contribution in [0.5, 0.6) is 0 Å². The normalized spacial score (nSPS) is 20.1. The van der Waals surface area contributed by atoms with Crippen molar-refractivity contribution >= 4 is 6.09 Å². The van der Waals surface area contributed by atoms with Crippen molar-refractivity contribution < 1.29 is 9.53 Å². The Morgan fingerprint density at radius 1 is 1.26 bits per heavy atom. The van der Waals surface area contributed by atoms with E-state index in [2.05, 4.69) is 26.1 Å². The summed E-state index contributed by atoms with van der Waals surface area (Å²) in [6, 6.07) is 0.769. The summed E-state index contributed by atoms with van der Waals surface area (Å²) in [6.45, 7) is 14.5. The number of carbonyl (C=O) groups excluding carboxylic acids is 1. The number of ether oxygens (including phenoxy) is 1. The fourth-order valence-corrected chi connectivity index (χ4v) is 3.16. The molecule has 0 spiro atoms. The lowest BCUT2D eigenvalue weighted by molar-refractivity contribution is 0.0214. The number of carbonyl (C=O) groups is 1. The summed E-state index contributed by atoms with van der Waals surface area (Å²) in [4.78, 5) is 14.2. The second kappa shape index (κ2) is 9.51. The van der Waals surface area contributed by atoms with Gasteiger partial charge in [-0.2, -0.15) is 0 Å². The van der Waals surface area contributed by atoms with Gasteiger partial charge in [-0.25, -0.2) is 4.79 Å². The number of amides is 1. The molecule has 136 valence electrons. The molecule has 1 aliphatic rings. The lowest BCUT2D eigenvalue weighted by Crippen LogP contribution is -2.42. The van der Waals surface area contributed by atoms with Crippen molar-refractivity contribution in [3.8, 4) is 0 Å². The SMILES string of the molecule is CC(C)CCCCNC(C)CC1CCCN1C(=O)OC(C)(C)C. The van der Waals surface area contributed by atoms with Crippen molar-refractivity contribution in [3.05, 3.63) is 0 Å². The minimum Gasteiger partial charge on any atom is -0.444 e. The highest BCUT2D eigenvalue weighted by atomic mass is 16.6. The van der Waals surface area contributed by atoms with Crippen LogP contribution < -0.4 is 5.32 Å². The summed E-state index contributed by atoms with van der Waals surface area (Å²) in [5.41, 5.74) is -0.412. The van der Waals surface area contributed by atoms with Gasteiger partial charge in [0.2, 0.25) is 0 Å². The molecule has 1 saturated heterocycles. The number of likely N-dealkylation sites (tertiary alicyclic amines) is 1. The maximum Gasteiger partial charge on any atom is 0.410 e. The zero-order valence-electron chi connectivity index (χ0n) is 16.2. The van der Waals surface area contributed by atoms with Gasteiger partial charge in [-0.1, -0.05) is 26.7 Å². The lowest BCUT2D eigenvalue weighted by atomic mass is 10.0. The third-order valence-electron chi connectivity index (χ3n) is 4.33. The van der Waals surface area contributed by atoms with Crippen LogP contribution in [0.3, 0.4) is 0 Å². The van der Waals surface area contributed by atoms with Gasteiger partial charge in [0.1, 0.15) is 5.60 Å². The topological polar surface area (TPSA) is 41.6 Å². The molecule has 0 bridgehead atoms. The zero-order chi connectivity index (χ0) is 17.5. The highest BCUT2D eigenvalue weighted by Gasteiger charge is 2.32. The fourth-order valence-electron chi connectivity index (χ4n) is 3.16. The Labute approximate surface area is 143 Å². The summed E-state index contributed by atoms with van der Waals surface area (Å²) in [6.07, 6.45) is 6.90. The smallest absolute Gasteiger partial charge is 0.410 e. The molecule has 0 saturated carbocycles. The molecule has 1 aliphatic heterocycles. The van der Waals surface area contributed by atoms with Gasteiger partial charge in [0.15, 0.2) is 0 Å². The Morgan fingerprint density at radius 3 is 2.57 bits per heavy atom. The number of unbranched alkanes of at least 4 members (excludes halogenated alkanes) is 1. The largest absolute Gasteiger partial charge is 0.444 e. The van der Waals surface area contributed by atoms with Gasteiger partial charge in [0.25, 0.3) is 0 Å². The van der Waals surface area contributed by atoms with Crippen molar-refractivity contribution in [2.75, 3.05) is 13.1 Å². The first-order valence-corrected chi connectivity index (χ1v) is 9.42. The minimum absolute atomic E-state index is 0.149. The van der Waals surface area contributed by atoms with Crippen LogP contribution in [0, 0.1) is 5.92 Å². The number of rotatable bonds is 8. The molecule has 2 unspecified atom stereocenters. The monoisotopic (exact) mass is 326 g/mol. The van der Waals surface area contributed by atoms with Gasteiger partial charge in [-0.15, -0.1) is 0 Å². The minimum atomic E-state index is -0.412. The van der Waals surface area contributed by atoms with Crippen molar-refractivity contribution in [2.24, 2.45) is 5.92 Å². The number of nitrogens with zero attached hydrogens (tertiary/aromatic N) is 1. The molecule has 1 fully saturated rings. The van der Waals surface area contributed by atoms with E-state index in [1.165, 1.54) is 19.3 Å². The van der Waals surface area contributed by atoms with E-state index in [0.29, 0.717) is 12.1 Å². The van der Waals surface area contributed by atoms with Gasteiger partial charge >= 0.3 is 6.09 Å². The highest BCUT2D eigenvalue weighted by molar-refractivity contribution is 5.68. The van der Waals surface area contributed by atoms with Crippen LogP contribution in [-0.4, -0.2) is 41.8 Å². The molecule has 0 aliphatic carbocycles. The number of hydrogen-bond donors (Lipinski definition) is 1. The van der Waals surface area contributed by atoms with Crippen LogP contribution in [-0.2, 0) is 4.74 Å². The lowest BCUT2D eigenvalue weighted by Gasteiger charge is -2.30. The second-order valence-corrected chi connectivity index (χ2v) is 8.45. The first-order valence-electron chi connectivity index (χ1n) is 9.42. The fraction of sp³-hybridized carbons (Fsp3) is 0.947. The summed E-state index contributed by atoms with van der Waals surface area (Å²) in [7, 11) is 0. The Balaban J connectivity index is 2.30. The molecule has 0 radical (unpaired) electrons. The van der Waals surface area contributed by atoms with Gasteiger partial charge in [-0.05, 0) is 65.8 Å². The quantitative estimate of drug-likeness (QED) is 0.664. The van der Waals surface area contributed by atoms with Gasteiger partial charge < -0.3 is 15.0 Å². The first-order chi connectivity index (χ1) is 10.7. The van der Waals surface area contributed by atoms with Crippen molar-refractivity contribution in [1.82, 2.24) is 10.2 Å². The molecule has 4 heteroatoms. The van der Waals surface area contributed by atoms with Crippen LogP contribution in [0.2, 0.25) is 0 Å².